The van der Waals surface area contributed by atoms with E-state index in [1.807, 2.05) is 4.72 Å². The second-order valence-corrected chi connectivity index (χ2v) is 6.27. The van der Waals surface area contributed by atoms with Crippen LogP contribution in [0.1, 0.15) is 15.9 Å². The van der Waals surface area contributed by atoms with Gasteiger partial charge in [0.25, 0.3) is 15.9 Å². The third-order valence-electron chi connectivity index (χ3n) is 2.98. The maximum Gasteiger partial charge on any atom is 0.417 e. The monoisotopic (exact) mass is 360 g/mol. The van der Waals surface area contributed by atoms with Gasteiger partial charge in [-0.3, -0.25) is 14.7 Å². The highest BCUT2D eigenvalue weighted by molar-refractivity contribution is 7.92. The minimum Gasteiger partial charge on any atom is -0.288 e. The van der Waals surface area contributed by atoms with E-state index in [1.54, 1.807) is 0 Å². The normalized spacial score (nSPS) is 11.8. The van der Waals surface area contributed by atoms with E-state index in [2.05, 4.69) is 0 Å². The molecule has 0 fully saturated rings. The summed E-state index contributed by atoms with van der Waals surface area (Å²) in [5, 5.41) is 8.48. The predicted octanol–water partition coefficient (Wildman–Crippen LogP) is 2.63. The molecule has 2 aromatic rings. The van der Waals surface area contributed by atoms with Gasteiger partial charge in [-0.1, -0.05) is 12.1 Å². The molecule has 0 radical (unpaired) electrons. The van der Waals surface area contributed by atoms with E-state index in [0.717, 1.165) is 12.1 Å². The van der Waals surface area contributed by atoms with Gasteiger partial charge in [-0.05, 0) is 36.4 Å². The van der Waals surface area contributed by atoms with E-state index < -0.39 is 32.6 Å². The van der Waals surface area contributed by atoms with Crippen molar-refractivity contribution < 1.29 is 31.6 Å². The number of nitrogens with one attached hydrogen (secondary N) is 2. The van der Waals surface area contributed by atoms with E-state index in [1.165, 1.54) is 35.8 Å². The van der Waals surface area contributed by atoms with Crippen LogP contribution in [0.5, 0.6) is 0 Å². The fourth-order valence-electron chi connectivity index (χ4n) is 1.90. The second kappa shape index (κ2) is 6.49. The first-order chi connectivity index (χ1) is 11.1. The Kier molecular flexibility index (Phi) is 4.81. The smallest absolute Gasteiger partial charge is 0.288 e. The van der Waals surface area contributed by atoms with Crippen molar-refractivity contribution in [3.63, 3.8) is 0 Å². The molecule has 0 aromatic heterocycles. The largest absolute Gasteiger partial charge is 0.417 e. The van der Waals surface area contributed by atoms with E-state index in [0.29, 0.717) is 6.07 Å². The van der Waals surface area contributed by atoms with Crippen LogP contribution in [-0.2, 0) is 16.2 Å². The summed E-state index contributed by atoms with van der Waals surface area (Å²) in [4.78, 5) is 10.3. The Bertz CT molecular complexity index is 849. The molecule has 0 spiro atoms. The number of hydrogen-bond donors (Lipinski definition) is 3. The van der Waals surface area contributed by atoms with Crippen LogP contribution in [0.25, 0.3) is 0 Å². The van der Waals surface area contributed by atoms with Gasteiger partial charge >= 0.3 is 6.18 Å². The highest BCUT2D eigenvalue weighted by Crippen LogP contribution is 2.34. The molecular weight excluding hydrogens is 349 g/mol. The topological polar surface area (TPSA) is 95.5 Å². The number of carbonyl (C=O) groups excluding carboxylic acids is 1. The minimum atomic E-state index is -4.82. The molecule has 0 unspecified atom stereocenters. The number of carbonyl (C=O) groups is 1. The lowest BCUT2D eigenvalue weighted by Crippen LogP contribution is -2.20. The Morgan fingerprint density at radius 2 is 1.58 bits per heavy atom. The number of sulfonamides is 1. The van der Waals surface area contributed by atoms with Crippen molar-refractivity contribution in [2.45, 2.75) is 11.1 Å². The quantitative estimate of drug-likeness (QED) is 0.577. The van der Waals surface area contributed by atoms with Crippen LogP contribution in [0.2, 0.25) is 0 Å². The second-order valence-electron chi connectivity index (χ2n) is 4.62. The Labute approximate surface area is 134 Å². The van der Waals surface area contributed by atoms with Crippen LogP contribution < -0.4 is 10.2 Å². The zero-order valence-electron chi connectivity index (χ0n) is 11.8. The number of alkyl halides is 3. The van der Waals surface area contributed by atoms with Crippen LogP contribution >= 0.6 is 0 Å². The van der Waals surface area contributed by atoms with Crippen LogP contribution in [-0.4, -0.2) is 19.5 Å². The molecule has 0 saturated carbocycles. The first-order valence-electron chi connectivity index (χ1n) is 6.38. The number of halogens is 3. The van der Waals surface area contributed by atoms with Crippen molar-refractivity contribution >= 4 is 21.6 Å². The molecule has 1 amide bonds. The third-order valence-corrected chi connectivity index (χ3v) is 4.42. The van der Waals surface area contributed by atoms with Gasteiger partial charge in [0.05, 0.1) is 10.5 Å². The molecule has 6 nitrogen and oxygen atoms in total. The van der Waals surface area contributed by atoms with Gasteiger partial charge < -0.3 is 0 Å². The average molecular weight is 360 g/mol. The van der Waals surface area contributed by atoms with Crippen molar-refractivity contribution in [3.05, 3.63) is 59.7 Å². The van der Waals surface area contributed by atoms with E-state index >= 15 is 0 Å². The van der Waals surface area contributed by atoms with Gasteiger partial charge in [0.2, 0.25) is 0 Å². The molecule has 24 heavy (non-hydrogen) atoms. The zero-order valence-corrected chi connectivity index (χ0v) is 12.6. The van der Waals surface area contributed by atoms with Crippen molar-refractivity contribution in [1.29, 1.82) is 0 Å². The standard InChI is InChI=1S/C14H11F3N2O4S/c15-14(16,17)11-3-1-2-4-12(11)24(22,23)19-10-7-5-9(6-8-10)13(20)18-21/h1-8,19,21H,(H,18,20). The average Bonchev–Trinajstić information content (AvgIpc) is 2.53. The van der Waals surface area contributed by atoms with Crippen molar-refractivity contribution in [3.8, 4) is 0 Å². The highest BCUT2D eigenvalue weighted by atomic mass is 32.2. The van der Waals surface area contributed by atoms with Crippen LogP contribution in [0.15, 0.2) is 53.4 Å². The molecule has 0 bridgehead atoms. The Morgan fingerprint density at radius 1 is 1.00 bits per heavy atom. The van der Waals surface area contributed by atoms with Crippen molar-refractivity contribution in [1.82, 2.24) is 5.48 Å². The van der Waals surface area contributed by atoms with Gasteiger partial charge in [-0.15, -0.1) is 0 Å². The molecule has 0 aliphatic rings. The summed E-state index contributed by atoms with van der Waals surface area (Å²) in [7, 11) is -4.49. The van der Waals surface area contributed by atoms with Gasteiger partial charge in [-0.2, -0.15) is 13.2 Å². The Balaban J connectivity index is 2.35. The molecule has 0 heterocycles. The summed E-state index contributed by atoms with van der Waals surface area (Å²) in [5.74, 6) is -0.813. The van der Waals surface area contributed by atoms with Crippen molar-refractivity contribution in [2.24, 2.45) is 0 Å². The highest BCUT2D eigenvalue weighted by Gasteiger charge is 2.36. The summed E-state index contributed by atoms with van der Waals surface area (Å²) in [5.41, 5.74) is 0.111. The molecule has 2 rings (SSSR count). The predicted molar refractivity (Wildman–Crippen MR) is 77.9 cm³/mol. The van der Waals surface area contributed by atoms with Gasteiger partial charge in [0.15, 0.2) is 0 Å². The number of amides is 1. The van der Waals surface area contributed by atoms with Crippen LogP contribution in [0, 0.1) is 0 Å². The Morgan fingerprint density at radius 3 is 2.12 bits per heavy atom. The van der Waals surface area contributed by atoms with E-state index in [-0.39, 0.29) is 11.3 Å². The number of hydroxylamine groups is 1. The van der Waals surface area contributed by atoms with Crippen LogP contribution in [0.3, 0.4) is 0 Å². The fourth-order valence-corrected chi connectivity index (χ4v) is 3.19. The zero-order chi connectivity index (χ0) is 18.0. The molecule has 0 saturated heterocycles. The number of benzene rings is 2. The van der Waals surface area contributed by atoms with E-state index in [4.69, 9.17) is 5.21 Å². The minimum absolute atomic E-state index is 0.0381. The number of anilines is 1. The third kappa shape index (κ3) is 3.84. The summed E-state index contributed by atoms with van der Waals surface area (Å²) in [6.07, 6.45) is -4.82. The first kappa shape index (κ1) is 17.8. The molecule has 0 aliphatic heterocycles. The maximum absolute atomic E-state index is 12.9. The molecule has 10 heteroatoms. The van der Waals surface area contributed by atoms with Gasteiger partial charge in [-0.25, -0.2) is 13.9 Å². The summed E-state index contributed by atoms with van der Waals surface area (Å²) >= 11 is 0. The first-order valence-corrected chi connectivity index (χ1v) is 7.87. The maximum atomic E-state index is 12.9. The lowest BCUT2D eigenvalue weighted by atomic mass is 10.2. The lowest BCUT2D eigenvalue weighted by Gasteiger charge is -2.14. The molecular formula is C14H11F3N2O4S. The summed E-state index contributed by atoms with van der Waals surface area (Å²) in [6.45, 7) is 0. The number of hydrogen-bond acceptors (Lipinski definition) is 4. The van der Waals surface area contributed by atoms with E-state index in [9.17, 15) is 26.4 Å². The molecule has 128 valence electrons. The van der Waals surface area contributed by atoms with Gasteiger partial charge in [0.1, 0.15) is 0 Å². The van der Waals surface area contributed by atoms with Crippen LogP contribution in [0.4, 0.5) is 18.9 Å². The Hall–Kier alpha value is -2.59. The molecule has 2 aromatic carbocycles. The molecule has 3 N–H and O–H groups in total. The van der Waals surface area contributed by atoms with Gasteiger partial charge in [0, 0.05) is 11.3 Å². The molecule has 0 atom stereocenters. The summed E-state index contributed by atoms with van der Waals surface area (Å²) < 4.78 is 65.3. The SMILES string of the molecule is O=C(NO)c1ccc(NS(=O)(=O)c2ccccc2C(F)(F)F)cc1. The molecule has 0 aliphatic carbocycles. The summed E-state index contributed by atoms with van der Waals surface area (Å²) in [6, 6.07) is 8.53. The number of rotatable bonds is 4. The van der Waals surface area contributed by atoms with Crippen molar-refractivity contribution in [2.75, 3.05) is 4.72 Å². The lowest BCUT2D eigenvalue weighted by molar-refractivity contribution is -0.139. The fraction of sp³-hybridized carbons (Fsp3) is 0.0714.